The average molecular weight is 363 g/mol. The van der Waals surface area contributed by atoms with Gasteiger partial charge in [0, 0.05) is 38.9 Å². The zero-order valence-corrected chi connectivity index (χ0v) is 14.3. The molecular weight excluding hydrogens is 344 g/mol. The summed E-state index contributed by atoms with van der Waals surface area (Å²) in [5.74, 6) is -2.27. The lowest BCUT2D eigenvalue weighted by atomic mass is 9.96. The van der Waals surface area contributed by atoms with Gasteiger partial charge in [-0.15, -0.1) is 0 Å². The van der Waals surface area contributed by atoms with E-state index in [1.54, 1.807) is 17.9 Å². The van der Waals surface area contributed by atoms with Gasteiger partial charge in [0.15, 0.2) is 11.5 Å². The highest BCUT2D eigenvalue weighted by Gasteiger charge is 2.26. The van der Waals surface area contributed by atoms with Crippen LogP contribution in [0.2, 0.25) is 0 Å². The van der Waals surface area contributed by atoms with Crippen LogP contribution >= 0.6 is 0 Å². The molecular formula is C17H19F2N5O2. The van der Waals surface area contributed by atoms with Crippen LogP contribution < -0.4 is 5.32 Å². The number of piperidine rings is 1. The number of nitrogens with one attached hydrogen (secondary N) is 1. The maximum Gasteiger partial charge on any atom is 0.275 e. The van der Waals surface area contributed by atoms with E-state index in [4.69, 9.17) is 0 Å². The summed E-state index contributed by atoms with van der Waals surface area (Å²) >= 11 is 0. The third-order valence-electron chi connectivity index (χ3n) is 4.43. The molecule has 0 radical (unpaired) electrons. The van der Waals surface area contributed by atoms with Gasteiger partial charge < -0.3 is 10.2 Å². The van der Waals surface area contributed by atoms with E-state index in [9.17, 15) is 18.4 Å². The molecule has 3 rings (SSSR count). The largest absolute Gasteiger partial charge is 0.352 e. The predicted molar refractivity (Wildman–Crippen MR) is 88.3 cm³/mol. The first kappa shape index (κ1) is 18.0. The molecule has 0 bridgehead atoms. The van der Waals surface area contributed by atoms with Gasteiger partial charge in [-0.25, -0.2) is 13.8 Å². The van der Waals surface area contributed by atoms with Crippen molar-refractivity contribution in [3.05, 3.63) is 47.5 Å². The number of carbonyl (C=O) groups excluding carboxylic acids is 2. The van der Waals surface area contributed by atoms with E-state index < -0.39 is 17.5 Å². The van der Waals surface area contributed by atoms with Crippen molar-refractivity contribution < 1.29 is 18.4 Å². The van der Waals surface area contributed by atoms with Crippen molar-refractivity contribution in [1.82, 2.24) is 25.0 Å². The van der Waals surface area contributed by atoms with Crippen molar-refractivity contribution in [2.45, 2.75) is 12.8 Å². The Morgan fingerprint density at radius 1 is 1.27 bits per heavy atom. The van der Waals surface area contributed by atoms with Gasteiger partial charge in [0.25, 0.3) is 11.8 Å². The van der Waals surface area contributed by atoms with E-state index in [1.807, 2.05) is 0 Å². The molecule has 7 nitrogen and oxygen atoms in total. The minimum absolute atomic E-state index is 0.186. The maximum atomic E-state index is 13.7. The lowest BCUT2D eigenvalue weighted by molar-refractivity contribution is 0.0673. The summed E-state index contributed by atoms with van der Waals surface area (Å²) in [5, 5.41) is 6.82. The van der Waals surface area contributed by atoms with E-state index in [2.05, 4.69) is 15.4 Å². The third-order valence-corrected chi connectivity index (χ3v) is 4.43. The predicted octanol–water partition coefficient (Wildman–Crippen LogP) is 1.38. The summed E-state index contributed by atoms with van der Waals surface area (Å²) in [6.07, 6.45) is 5.34. The summed E-state index contributed by atoms with van der Waals surface area (Å²) in [5.41, 5.74) is 0.132. The highest BCUT2D eigenvalue weighted by atomic mass is 19.1. The fourth-order valence-corrected chi connectivity index (χ4v) is 2.94. The topological polar surface area (TPSA) is 80.1 Å². The summed E-state index contributed by atoms with van der Waals surface area (Å²) < 4.78 is 28.2. The van der Waals surface area contributed by atoms with Crippen LogP contribution in [0.15, 0.2) is 24.7 Å². The Hall–Kier alpha value is -2.84. The Morgan fingerprint density at radius 2 is 2.00 bits per heavy atom. The molecule has 26 heavy (non-hydrogen) atoms. The van der Waals surface area contributed by atoms with E-state index >= 15 is 0 Å². The third kappa shape index (κ3) is 4.04. The Morgan fingerprint density at radius 3 is 2.62 bits per heavy atom. The number of rotatable bonds is 4. The smallest absolute Gasteiger partial charge is 0.275 e. The first-order valence-corrected chi connectivity index (χ1v) is 8.31. The van der Waals surface area contributed by atoms with E-state index in [1.165, 1.54) is 11.1 Å². The molecule has 1 fully saturated rings. The number of halogens is 2. The highest BCUT2D eigenvalue weighted by Crippen LogP contribution is 2.19. The standard InChI is InChI=1S/C17H19F2N5O2/c1-23-10-12(8-22-23)16(25)21-7-11-2-4-24(5-3-11)17(26)15-14(19)6-13(18)9-20-15/h6,8-11H,2-5,7H2,1H3,(H,21,25). The Balaban J connectivity index is 1.49. The number of aryl methyl sites for hydroxylation is 1. The quantitative estimate of drug-likeness (QED) is 0.890. The second-order valence-corrected chi connectivity index (χ2v) is 6.33. The van der Waals surface area contributed by atoms with Crippen LogP contribution in [0.4, 0.5) is 8.78 Å². The van der Waals surface area contributed by atoms with Crippen LogP contribution in [-0.4, -0.2) is 51.1 Å². The summed E-state index contributed by atoms with van der Waals surface area (Å²) in [4.78, 5) is 29.4. The van der Waals surface area contributed by atoms with Gasteiger partial charge in [0.1, 0.15) is 5.82 Å². The lowest BCUT2D eigenvalue weighted by Crippen LogP contribution is -2.42. The first-order chi connectivity index (χ1) is 12.4. The fraction of sp³-hybridized carbons (Fsp3) is 0.412. The van der Waals surface area contributed by atoms with Crippen molar-refractivity contribution in [3.63, 3.8) is 0 Å². The second-order valence-electron chi connectivity index (χ2n) is 6.33. The molecule has 0 atom stereocenters. The van der Waals surface area contributed by atoms with Crippen LogP contribution in [0.3, 0.4) is 0 Å². The minimum Gasteiger partial charge on any atom is -0.352 e. The zero-order chi connectivity index (χ0) is 18.7. The van der Waals surface area contributed by atoms with Crippen molar-refractivity contribution in [1.29, 1.82) is 0 Å². The molecule has 3 heterocycles. The van der Waals surface area contributed by atoms with Crippen LogP contribution in [0.25, 0.3) is 0 Å². The normalized spacial score (nSPS) is 15.1. The molecule has 0 spiro atoms. The molecule has 0 aliphatic carbocycles. The summed E-state index contributed by atoms with van der Waals surface area (Å²) in [7, 11) is 1.74. The number of carbonyl (C=O) groups is 2. The van der Waals surface area contributed by atoms with Gasteiger partial charge in [0.2, 0.25) is 0 Å². The molecule has 1 aliphatic rings. The number of hydrogen-bond acceptors (Lipinski definition) is 4. The number of likely N-dealkylation sites (tertiary alicyclic amines) is 1. The van der Waals surface area contributed by atoms with Crippen molar-refractivity contribution in [2.24, 2.45) is 13.0 Å². The lowest BCUT2D eigenvalue weighted by Gasteiger charge is -2.31. The molecule has 0 saturated carbocycles. The van der Waals surface area contributed by atoms with Crippen LogP contribution in [0.1, 0.15) is 33.7 Å². The summed E-state index contributed by atoms with van der Waals surface area (Å²) in [6.45, 7) is 1.37. The number of hydrogen-bond donors (Lipinski definition) is 1. The molecule has 2 amide bonds. The number of nitrogens with zero attached hydrogens (tertiary/aromatic N) is 4. The van der Waals surface area contributed by atoms with Gasteiger partial charge in [-0.2, -0.15) is 5.10 Å². The molecule has 0 aromatic carbocycles. The SMILES string of the molecule is Cn1cc(C(=O)NCC2CCN(C(=O)c3ncc(F)cc3F)CC2)cn1. The van der Waals surface area contributed by atoms with E-state index in [0.717, 1.165) is 6.20 Å². The molecule has 1 aliphatic heterocycles. The van der Waals surface area contributed by atoms with Gasteiger partial charge >= 0.3 is 0 Å². The van der Waals surface area contributed by atoms with Gasteiger partial charge in [0.05, 0.1) is 18.0 Å². The molecule has 2 aromatic rings. The second kappa shape index (κ2) is 7.59. The van der Waals surface area contributed by atoms with Crippen LogP contribution in [0.5, 0.6) is 0 Å². The Bertz CT molecular complexity index is 815. The van der Waals surface area contributed by atoms with Gasteiger partial charge in [-0.1, -0.05) is 0 Å². The monoisotopic (exact) mass is 363 g/mol. The minimum atomic E-state index is -0.958. The van der Waals surface area contributed by atoms with Crippen molar-refractivity contribution in [2.75, 3.05) is 19.6 Å². The Kier molecular flexibility index (Phi) is 5.24. The van der Waals surface area contributed by atoms with Gasteiger partial charge in [-0.05, 0) is 18.8 Å². The zero-order valence-electron chi connectivity index (χ0n) is 14.3. The molecule has 1 N–H and O–H groups in total. The molecule has 2 aromatic heterocycles. The van der Waals surface area contributed by atoms with Gasteiger partial charge in [-0.3, -0.25) is 14.3 Å². The number of pyridine rings is 1. The molecule has 138 valence electrons. The first-order valence-electron chi connectivity index (χ1n) is 8.31. The maximum absolute atomic E-state index is 13.7. The summed E-state index contributed by atoms with van der Waals surface area (Å²) in [6, 6.07) is 0.654. The number of amides is 2. The fourth-order valence-electron chi connectivity index (χ4n) is 2.94. The Labute approximate surface area is 149 Å². The average Bonchev–Trinajstić information content (AvgIpc) is 3.06. The highest BCUT2D eigenvalue weighted by molar-refractivity contribution is 5.93. The van der Waals surface area contributed by atoms with E-state index in [0.29, 0.717) is 44.1 Å². The van der Waals surface area contributed by atoms with Crippen LogP contribution in [-0.2, 0) is 7.05 Å². The van der Waals surface area contributed by atoms with Crippen molar-refractivity contribution in [3.8, 4) is 0 Å². The van der Waals surface area contributed by atoms with E-state index in [-0.39, 0.29) is 17.5 Å². The molecule has 9 heteroatoms. The van der Waals surface area contributed by atoms with Crippen molar-refractivity contribution >= 4 is 11.8 Å². The number of aromatic nitrogens is 3. The van der Waals surface area contributed by atoms with Crippen LogP contribution in [0, 0.1) is 17.6 Å². The molecule has 1 saturated heterocycles. The molecule has 0 unspecified atom stereocenters.